The first-order valence-corrected chi connectivity index (χ1v) is 11.3. The molecule has 0 unspecified atom stereocenters. The van der Waals surface area contributed by atoms with Crippen LogP contribution in [-0.2, 0) is 6.54 Å². The van der Waals surface area contributed by atoms with E-state index in [0.717, 1.165) is 50.0 Å². The van der Waals surface area contributed by atoms with Crippen molar-refractivity contribution in [3.8, 4) is 0 Å². The summed E-state index contributed by atoms with van der Waals surface area (Å²) in [4.78, 5) is 26.2. The topological polar surface area (TPSA) is 61.4 Å². The van der Waals surface area contributed by atoms with E-state index in [2.05, 4.69) is 27.1 Å². The van der Waals surface area contributed by atoms with Crippen LogP contribution in [0.2, 0.25) is 0 Å². The van der Waals surface area contributed by atoms with Crippen molar-refractivity contribution in [3.63, 3.8) is 0 Å². The number of nitrogens with zero attached hydrogens (tertiary/aromatic N) is 4. The third-order valence-electron chi connectivity index (χ3n) is 6.52. The van der Waals surface area contributed by atoms with Gasteiger partial charge >= 0.3 is 0 Å². The Morgan fingerprint density at radius 2 is 1.90 bits per heavy atom. The minimum atomic E-state index is 0.101. The lowest BCUT2D eigenvalue weighted by atomic mass is 9.94. The number of aromatic nitrogens is 2. The SMILES string of the molecule is Cc1cnccc1CNc1ccc(C(=O)N2CCCN(C3CCCCC3)CC2)cn1. The van der Waals surface area contributed by atoms with Crippen molar-refractivity contribution in [1.82, 2.24) is 19.8 Å². The Morgan fingerprint density at radius 3 is 2.67 bits per heavy atom. The summed E-state index contributed by atoms with van der Waals surface area (Å²) in [6.07, 6.45) is 13.2. The van der Waals surface area contributed by atoms with Crippen LogP contribution in [0.25, 0.3) is 0 Å². The van der Waals surface area contributed by atoms with Gasteiger partial charge < -0.3 is 10.2 Å². The molecular formula is C24H33N5O. The van der Waals surface area contributed by atoms with Crippen LogP contribution >= 0.6 is 0 Å². The smallest absolute Gasteiger partial charge is 0.255 e. The van der Waals surface area contributed by atoms with Gasteiger partial charge in [-0.2, -0.15) is 0 Å². The van der Waals surface area contributed by atoms with Gasteiger partial charge in [0, 0.05) is 57.4 Å². The molecule has 3 heterocycles. The zero-order chi connectivity index (χ0) is 20.8. The lowest BCUT2D eigenvalue weighted by Gasteiger charge is -2.33. The molecule has 1 aliphatic heterocycles. The van der Waals surface area contributed by atoms with E-state index in [-0.39, 0.29) is 5.91 Å². The summed E-state index contributed by atoms with van der Waals surface area (Å²) in [6, 6.07) is 6.53. The van der Waals surface area contributed by atoms with Crippen molar-refractivity contribution >= 4 is 11.7 Å². The molecule has 2 aromatic rings. The van der Waals surface area contributed by atoms with Gasteiger partial charge in [0.05, 0.1) is 5.56 Å². The van der Waals surface area contributed by atoms with Crippen LogP contribution in [0.15, 0.2) is 36.8 Å². The number of amides is 1. The Labute approximate surface area is 179 Å². The number of anilines is 1. The molecule has 2 aliphatic rings. The Bertz CT molecular complexity index is 832. The summed E-state index contributed by atoms with van der Waals surface area (Å²) in [7, 11) is 0. The summed E-state index contributed by atoms with van der Waals surface area (Å²) in [6.45, 7) is 6.51. The van der Waals surface area contributed by atoms with Gasteiger partial charge in [-0.1, -0.05) is 19.3 Å². The maximum Gasteiger partial charge on any atom is 0.255 e. The first kappa shape index (κ1) is 20.8. The number of aryl methyl sites for hydroxylation is 1. The van der Waals surface area contributed by atoms with Crippen molar-refractivity contribution in [3.05, 3.63) is 53.5 Å². The molecule has 6 heteroatoms. The molecule has 160 valence electrons. The Hall–Kier alpha value is -2.47. The lowest BCUT2D eigenvalue weighted by Crippen LogP contribution is -2.40. The van der Waals surface area contributed by atoms with Crippen molar-refractivity contribution in [2.24, 2.45) is 0 Å². The molecule has 0 atom stereocenters. The third kappa shape index (κ3) is 5.17. The predicted molar refractivity (Wildman–Crippen MR) is 120 cm³/mol. The van der Waals surface area contributed by atoms with Crippen LogP contribution in [0.5, 0.6) is 0 Å². The van der Waals surface area contributed by atoms with Crippen molar-refractivity contribution in [2.45, 2.75) is 58.0 Å². The summed E-state index contributed by atoms with van der Waals surface area (Å²) >= 11 is 0. The van der Waals surface area contributed by atoms with E-state index in [1.807, 2.05) is 29.3 Å². The number of nitrogens with one attached hydrogen (secondary N) is 1. The number of hydrogen-bond donors (Lipinski definition) is 1. The summed E-state index contributed by atoms with van der Waals surface area (Å²) < 4.78 is 0. The highest BCUT2D eigenvalue weighted by atomic mass is 16.2. The highest BCUT2D eigenvalue weighted by Gasteiger charge is 2.25. The molecule has 30 heavy (non-hydrogen) atoms. The van der Waals surface area contributed by atoms with Gasteiger partial charge in [-0.15, -0.1) is 0 Å². The summed E-state index contributed by atoms with van der Waals surface area (Å²) in [5, 5.41) is 3.33. The quantitative estimate of drug-likeness (QED) is 0.815. The molecule has 0 aromatic carbocycles. The molecular weight excluding hydrogens is 374 g/mol. The molecule has 1 N–H and O–H groups in total. The van der Waals surface area contributed by atoms with E-state index in [0.29, 0.717) is 12.1 Å². The summed E-state index contributed by atoms with van der Waals surface area (Å²) in [5.74, 6) is 0.881. The molecule has 0 spiro atoms. The molecule has 1 saturated carbocycles. The zero-order valence-corrected chi connectivity index (χ0v) is 18.0. The first-order valence-electron chi connectivity index (χ1n) is 11.3. The van der Waals surface area contributed by atoms with Gasteiger partial charge in [0.15, 0.2) is 0 Å². The lowest BCUT2D eigenvalue weighted by molar-refractivity contribution is 0.0754. The van der Waals surface area contributed by atoms with Crippen molar-refractivity contribution in [1.29, 1.82) is 0 Å². The van der Waals surface area contributed by atoms with Crippen molar-refractivity contribution < 1.29 is 4.79 Å². The molecule has 0 radical (unpaired) electrons. The predicted octanol–water partition coefficient (Wildman–Crippen LogP) is 3.88. The number of hydrogen-bond acceptors (Lipinski definition) is 5. The molecule has 4 rings (SSSR count). The fourth-order valence-electron chi connectivity index (χ4n) is 4.65. The van der Waals surface area contributed by atoms with Gasteiger partial charge in [-0.25, -0.2) is 4.98 Å². The van der Waals surface area contributed by atoms with Crippen LogP contribution in [0.3, 0.4) is 0 Å². The Balaban J connectivity index is 1.31. The maximum absolute atomic E-state index is 13.0. The second kappa shape index (κ2) is 10.0. The van der Waals surface area contributed by atoms with E-state index in [9.17, 15) is 4.79 Å². The van der Waals surface area contributed by atoms with E-state index in [4.69, 9.17) is 0 Å². The van der Waals surface area contributed by atoms with E-state index < -0.39 is 0 Å². The van der Waals surface area contributed by atoms with Crippen LogP contribution < -0.4 is 5.32 Å². The first-order chi connectivity index (χ1) is 14.7. The second-order valence-electron chi connectivity index (χ2n) is 8.56. The highest BCUT2D eigenvalue weighted by molar-refractivity contribution is 5.94. The molecule has 1 amide bonds. The molecule has 0 bridgehead atoms. The molecule has 1 saturated heterocycles. The van der Waals surface area contributed by atoms with Gasteiger partial charge in [0.2, 0.25) is 0 Å². The largest absolute Gasteiger partial charge is 0.366 e. The monoisotopic (exact) mass is 407 g/mol. The number of rotatable bonds is 5. The zero-order valence-electron chi connectivity index (χ0n) is 18.0. The third-order valence-corrected chi connectivity index (χ3v) is 6.52. The fraction of sp³-hybridized carbons (Fsp3) is 0.542. The normalized spacial score (nSPS) is 18.8. The van der Waals surface area contributed by atoms with E-state index in [1.165, 1.54) is 37.7 Å². The highest BCUT2D eigenvalue weighted by Crippen LogP contribution is 2.24. The maximum atomic E-state index is 13.0. The van der Waals surface area contributed by atoms with Gasteiger partial charge in [0.1, 0.15) is 5.82 Å². The average Bonchev–Trinajstić information content (AvgIpc) is 3.05. The number of carbonyl (C=O) groups excluding carboxylic acids is 1. The van der Waals surface area contributed by atoms with Gasteiger partial charge in [-0.05, 0) is 55.5 Å². The minimum absolute atomic E-state index is 0.101. The molecule has 1 aliphatic carbocycles. The average molecular weight is 408 g/mol. The van der Waals surface area contributed by atoms with Crippen LogP contribution in [0.1, 0.15) is 60.0 Å². The van der Waals surface area contributed by atoms with Gasteiger partial charge in [0.25, 0.3) is 5.91 Å². The van der Waals surface area contributed by atoms with Crippen LogP contribution in [0.4, 0.5) is 5.82 Å². The van der Waals surface area contributed by atoms with Crippen LogP contribution in [-0.4, -0.2) is 57.9 Å². The fourth-order valence-corrected chi connectivity index (χ4v) is 4.65. The minimum Gasteiger partial charge on any atom is -0.366 e. The Morgan fingerprint density at radius 1 is 1.03 bits per heavy atom. The molecule has 6 nitrogen and oxygen atoms in total. The molecule has 2 fully saturated rings. The number of pyridine rings is 2. The Kier molecular flexibility index (Phi) is 6.95. The summed E-state index contributed by atoms with van der Waals surface area (Å²) in [5.41, 5.74) is 3.02. The van der Waals surface area contributed by atoms with Crippen molar-refractivity contribution in [2.75, 3.05) is 31.5 Å². The molecule has 2 aromatic heterocycles. The number of carbonyl (C=O) groups is 1. The van der Waals surface area contributed by atoms with Crippen LogP contribution in [0, 0.1) is 6.92 Å². The second-order valence-corrected chi connectivity index (χ2v) is 8.56. The van der Waals surface area contributed by atoms with Gasteiger partial charge in [-0.3, -0.25) is 14.7 Å². The van der Waals surface area contributed by atoms with E-state index >= 15 is 0 Å². The standard InChI is InChI=1S/C24H33N5O/c1-19-16-25-11-10-20(19)17-26-23-9-8-21(18-27-23)24(30)29-13-5-12-28(14-15-29)22-6-3-2-4-7-22/h8-11,16,18,22H,2-7,12-15,17H2,1H3,(H,26,27). The van der Waals surface area contributed by atoms with E-state index in [1.54, 1.807) is 12.4 Å².